The molecular weight excluding hydrogens is 273 g/mol. The van der Waals surface area contributed by atoms with Gasteiger partial charge in [-0.1, -0.05) is 0 Å². The van der Waals surface area contributed by atoms with E-state index < -0.39 is 47.1 Å². The van der Waals surface area contributed by atoms with Gasteiger partial charge in [0, 0.05) is 5.46 Å². The second-order valence-corrected chi connectivity index (χ2v) is 5.05. The molecule has 2 N–H and O–H groups in total. The smallest absolute Gasteiger partial charge is 0.491 e. The van der Waals surface area contributed by atoms with Crippen molar-refractivity contribution in [1.82, 2.24) is 0 Å². The molecule has 0 heterocycles. The highest BCUT2D eigenvalue weighted by atomic mass is 19.1. The van der Waals surface area contributed by atoms with Crippen LogP contribution in [-0.2, 0) is 4.74 Å². The van der Waals surface area contributed by atoms with Gasteiger partial charge in [-0.15, -0.1) is 0 Å². The molecule has 0 aliphatic rings. The van der Waals surface area contributed by atoms with Crippen molar-refractivity contribution < 1.29 is 33.1 Å². The van der Waals surface area contributed by atoms with Crippen LogP contribution < -0.4 is 10.2 Å². The number of esters is 1. The van der Waals surface area contributed by atoms with Crippen molar-refractivity contribution in [2.45, 2.75) is 26.4 Å². The first-order chi connectivity index (χ1) is 9.08. The number of carbonyl (C=O) groups is 1. The highest BCUT2D eigenvalue weighted by molar-refractivity contribution is 6.58. The van der Waals surface area contributed by atoms with E-state index in [1.807, 2.05) is 0 Å². The molecule has 0 bridgehead atoms. The Labute approximate surface area is 115 Å². The minimum atomic E-state index is -2.22. The molecule has 0 aliphatic carbocycles. The summed E-state index contributed by atoms with van der Waals surface area (Å²) in [5, 5.41) is 18.1. The molecule has 1 rings (SSSR count). The molecule has 0 amide bonds. The molecule has 8 heteroatoms. The Morgan fingerprint density at radius 3 is 2.20 bits per heavy atom. The maximum absolute atomic E-state index is 14.0. The molecule has 0 fully saturated rings. The van der Waals surface area contributed by atoms with Crippen molar-refractivity contribution in [1.29, 1.82) is 0 Å². The topological polar surface area (TPSA) is 76.0 Å². The Morgan fingerprint density at radius 2 is 1.80 bits per heavy atom. The van der Waals surface area contributed by atoms with Gasteiger partial charge in [-0.3, -0.25) is 0 Å². The Hall–Kier alpha value is -1.67. The average Bonchev–Trinajstić information content (AvgIpc) is 2.26. The lowest BCUT2D eigenvalue weighted by molar-refractivity contribution is 0.00640. The van der Waals surface area contributed by atoms with Gasteiger partial charge in [0.15, 0.2) is 17.4 Å². The Morgan fingerprint density at radius 1 is 1.25 bits per heavy atom. The minimum Gasteiger partial charge on any atom is -0.491 e. The van der Waals surface area contributed by atoms with Gasteiger partial charge in [0.05, 0.1) is 12.7 Å². The largest absolute Gasteiger partial charge is 0.491 e. The number of benzene rings is 1. The van der Waals surface area contributed by atoms with Crippen LogP contribution in [0.2, 0.25) is 0 Å². The van der Waals surface area contributed by atoms with Gasteiger partial charge in [0.25, 0.3) is 0 Å². The Kier molecular flexibility index (Phi) is 4.72. The van der Waals surface area contributed by atoms with Gasteiger partial charge in [-0.25, -0.2) is 13.6 Å². The summed E-state index contributed by atoms with van der Waals surface area (Å²) in [5.41, 5.74) is -2.20. The molecule has 110 valence electrons. The first-order valence-electron chi connectivity index (χ1n) is 5.74. The highest BCUT2D eigenvalue weighted by Crippen LogP contribution is 2.25. The van der Waals surface area contributed by atoms with Crippen molar-refractivity contribution in [2.24, 2.45) is 0 Å². The van der Waals surface area contributed by atoms with Crippen LogP contribution in [0.25, 0.3) is 0 Å². The molecule has 0 aromatic heterocycles. The van der Waals surface area contributed by atoms with Crippen LogP contribution in [0.1, 0.15) is 31.1 Å². The summed E-state index contributed by atoms with van der Waals surface area (Å²) >= 11 is 0. The van der Waals surface area contributed by atoms with Gasteiger partial charge >= 0.3 is 13.1 Å². The van der Waals surface area contributed by atoms with E-state index >= 15 is 0 Å². The quantitative estimate of drug-likeness (QED) is 0.629. The number of hydrogen-bond donors (Lipinski definition) is 2. The van der Waals surface area contributed by atoms with Gasteiger partial charge < -0.3 is 19.5 Å². The monoisotopic (exact) mass is 288 g/mol. The predicted octanol–water partition coefficient (Wildman–Crippen LogP) is 0.608. The molecule has 20 heavy (non-hydrogen) atoms. The number of halogens is 2. The van der Waals surface area contributed by atoms with Crippen LogP contribution in [-0.4, -0.2) is 35.8 Å². The van der Waals surface area contributed by atoms with Crippen LogP contribution in [0.3, 0.4) is 0 Å². The van der Waals surface area contributed by atoms with E-state index in [0.29, 0.717) is 6.07 Å². The van der Waals surface area contributed by atoms with Crippen molar-refractivity contribution in [2.75, 3.05) is 7.11 Å². The van der Waals surface area contributed by atoms with Crippen molar-refractivity contribution in [3.05, 3.63) is 23.3 Å². The lowest BCUT2D eigenvalue weighted by Gasteiger charge is -2.20. The Bertz CT molecular complexity index is 526. The third-order valence-electron chi connectivity index (χ3n) is 2.29. The maximum Gasteiger partial charge on any atom is 0.491 e. The molecule has 1 aromatic rings. The summed E-state index contributed by atoms with van der Waals surface area (Å²) in [6.45, 7) is 4.72. The number of ether oxygens (including phenoxy) is 2. The molecule has 0 atom stereocenters. The molecular formula is C12H15BF2O5. The van der Waals surface area contributed by atoms with E-state index in [2.05, 4.69) is 4.74 Å². The highest BCUT2D eigenvalue weighted by Gasteiger charge is 2.30. The van der Waals surface area contributed by atoms with E-state index in [9.17, 15) is 13.6 Å². The fourth-order valence-corrected chi connectivity index (χ4v) is 1.48. The van der Waals surface area contributed by atoms with E-state index in [0.717, 1.165) is 7.11 Å². The second kappa shape index (κ2) is 5.76. The van der Waals surface area contributed by atoms with Gasteiger partial charge in [0.2, 0.25) is 0 Å². The molecule has 0 aliphatic heterocycles. The van der Waals surface area contributed by atoms with Crippen LogP contribution in [0.15, 0.2) is 6.07 Å². The number of carbonyl (C=O) groups excluding carboxylic acids is 1. The summed E-state index contributed by atoms with van der Waals surface area (Å²) in [7, 11) is -1.22. The summed E-state index contributed by atoms with van der Waals surface area (Å²) < 4.78 is 37.2. The van der Waals surface area contributed by atoms with Crippen LogP contribution in [0.5, 0.6) is 5.75 Å². The zero-order chi connectivity index (χ0) is 15.7. The minimum absolute atomic E-state index is 0.638. The third-order valence-corrected chi connectivity index (χ3v) is 2.29. The summed E-state index contributed by atoms with van der Waals surface area (Å²) in [5.74, 6) is -4.48. The number of rotatable bonds is 3. The van der Waals surface area contributed by atoms with Crippen molar-refractivity contribution in [3.8, 4) is 5.75 Å². The molecule has 0 unspecified atom stereocenters. The molecule has 1 aromatic carbocycles. The molecule has 0 radical (unpaired) electrons. The first kappa shape index (κ1) is 16.4. The summed E-state index contributed by atoms with van der Waals surface area (Å²) in [4.78, 5) is 11.8. The number of methoxy groups -OCH3 is 1. The van der Waals surface area contributed by atoms with Gasteiger partial charge in [-0.2, -0.15) is 0 Å². The van der Waals surface area contributed by atoms with E-state index in [-0.39, 0.29) is 0 Å². The fraction of sp³-hybridized carbons (Fsp3) is 0.417. The maximum atomic E-state index is 14.0. The van der Waals surface area contributed by atoms with Crippen LogP contribution >= 0.6 is 0 Å². The molecule has 0 spiro atoms. The average molecular weight is 288 g/mol. The van der Waals surface area contributed by atoms with Crippen LogP contribution in [0, 0.1) is 11.6 Å². The molecule has 5 nitrogen and oxygen atoms in total. The third kappa shape index (κ3) is 3.46. The lowest BCUT2D eigenvalue weighted by atomic mass is 9.78. The fourth-order valence-electron chi connectivity index (χ4n) is 1.48. The Balaban J connectivity index is 3.40. The predicted molar refractivity (Wildman–Crippen MR) is 67.9 cm³/mol. The number of hydrogen-bond acceptors (Lipinski definition) is 5. The first-order valence-corrected chi connectivity index (χ1v) is 5.74. The zero-order valence-electron chi connectivity index (χ0n) is 11.5. The van der Waals surface area contributed by atoms with Crippen LogP contribution in [0.4, 0.5) is 8.78 Å². The zero-order valence-corrected chi connectivity index (χ0v) is 11.5. The SMILES string of the molecule is COc1c(F)c(B(O)O)cc(C(=O)OC(C)(C)C)c1F. The standard InChI is InChI=1S/C12H15BF2O5/c1-12(2,3)20-11(16)6-5-7(13(17)18)9(15)10(19-4)8(6)14/h5,17-18H,1-4H3. The van der Waals surface area contributed by atoms with Gasteiger partial charge in [-0.05, 0) is 26.8 Å². The molecule has 0 saturated heterocycles. The van der Waals surface area contributed by atoms with Crippen molar-refractivity contribution >= 4 is 18.6 Å². The second-order valence-electron chi connectivity index (χ2n) is 5.05. The summed E-state index contributed by atoms with van der Waals surface area (Å²) in [6, 6.07) is 0.686. The summed E-state index contributed by atoms with van der Waals surface area (Å²) in [6.07, 6.45) is 0. The lowest BCUT2D eigenvalue weighted by Crippen LogP contribution is -2.35. The van der Waals surface area contributed by atoms with Crippen molar-refractivity contribution in [3.63, 3.8) is 0 Å². The van der Waals surface area contributed by atoms with E-state index in [1.54, 1.807) is 20.8 Å². The normalized spacial score (nSPS) is 11.2. The van der Waals surface area contributed by atoms with Gasteiger partial charge in [0.1, 0.15) is 5.60 Å². The molecule has 0 saturated carbocycles. The van der Waals surface area contributed by atoms with E-state index in [4.69, 9.17) is 14.8 Å². The van der Waals surface area contributed by atoms with E-state index in [1.165, 1.54) is 0 Å².